The zero-order valence-electron chi connectivity index (χ0n) is 12.7. The fourth-order valence-corrected chi connectivity index (χ4v) is 4.60. The van der Waals surface area contributed by atoms with Crippen LogP contribution in [-0.2, 0) is 19.5 Å². The van der Waals surface area contributed by atoms with Crippen LogP contribution in [0.4, 0.5) is 0 Å². The number of H-pyrrole nitrogens is 1. The minimum Gasteiger partial charge on any atom is -0.354 e. The molecule has 110 valence electrons. The van der Waals surface area contributed by atoms with E-state index >= 15 is 0 Å². The van der Waals surface area contributed by atoms with Crippen LogP contribution in [0.25, 0.3) is 32.9 Å². The minimum atomic E-state index is 0.975. The van der Waals surface area contributed by atoms with E-state index in [-0.39, 0.29) is 0 Å². The Kier molecular flexibility index (Phi) is 2.09. The van der Waals surface area contributed by atoms with Crippen molar-refractivity contribution in [3.8, 4) is 11.1 Å². The molecule has 2 nitrogen and oxygen atoms in total. The van der Waals surface area contributed by atoms with Gasteiger partial charge < -0.3 is 10.3 Å². The maximum absolute atomic E-state index is 3.72. The number of rotatable bonds is 0. The summed E-state index contributed by atoms with van der Waals surface area (Å²) >= 11 is 0. The van der Waals surface area contributed by atoms with Crippen LogP contribution in [0.1, 0.15) is 22.3 Å². The highest BCUT2D eigenvalue weighted by molar-refractivity contribution is 6.13. The van der Waals surface area contributed by atoms with Gasteiger partial charge in [0, 0.05) is 35.8 Å². The Morgan fingerprint density at radius 3 is 2.61 bits per heavy atom. The Morgan fingerprint density at radius 2 is 1.61 bits per heavy atom. The van der Waals surface area contributed by atoms with Gasteiger partial charge in [0.05, 0.1) is 5.52 Å². The summed E-state index contributed by atoms with van der Waals surface area (Å²) < 4.78 is 0. The molecule has 0 atom stereocenters. The SMILES string of the molecule is c1ccc2c(c1)Cc1c-2c2c(c3c1[nH]c1ccccc13)CNC2. The first-order valence-corrected chi connectivity index (χ1v) is 8.28. The molecule has 0 spiro atoms. The second kappa shape index (κ2) is 4.03. The Labute approximate surface area is 134 Å². The summed E-state index contributed by atoms with van der Waals surface area (Å²) in [5.74, 6) is 0. The summed E-state index contributed by atoms with van der Waals surface area (Å²) in [6, 6.07) is 17.6. The fraction of sp³-hybridized carbons (Fsp3) is 0.143. The van der Waals surface area contributed by atoms with Gasteiger partial charge in [0.2, 0.25) is 0 Å². The van der Waals surface area contributed by atoms with Crippen LogP contribution >= 0.6 is 0 Å². The number of para-hydroxylation sites is 1. The molecule has 1 aliphatic carbocycles. The first-order valence-electron chi connectivity index (χ1n) is 8.28. The smallest absolute Gasteiger partial charge is 0.0510 e. The van der Waals surface area contributed by atoms with Crippen molar-refractivity contribution in [2.45, 2.75) is 19.5 Å². The molecule has 4 aromatic rings. The van der Waals surface area contributed by atoms with Crippen molar-refractivity contribution in [2.75, 3.05) is 0 Å². The van der Waals surface area contributed by atoms with E-state index in [1.165, 1.54) is 55.2 Å². The summed E-state index contributed by atoms with van der Waals surface area (Å²) in [4.78, 5) is 3.72. The first kappa shape index (κ1) is 11.9. The molecule has 6 rings (SSSR count). The van der Waals surface area contributed by atoms with Gasteiger partial charge in [-0.3, -0.25) is 0 Å². The maximum atomic E-state index is 3.72. The number of hydrogen-bond acceptors (Lipinski definition) is 1. The third-order valence-electron chi connectivity index (χ3n) is 5.53. The van der Waals surface area contributed by atoms with Crippen LogP contribution in [0.3, 0.4) is 0 Å². The molecule has 2 heterocycles. The molecule has 3 aromatic carbocycles. The molecule has 0 amide bonds. The van der Waals surface area contributed by atoms with Crippen molar-refractivity contribution in [3.05, 3.63) is 70.8 Å². The van der Waals surface area contributed by atoms with Crippen molar-refractivity contribution in [1.82, 2.24) is 10.3 Å². The first-order chi connectivity index (χ1) is 11.4. The maximum Gasteiger partial charge on any atom is 0.0510 e. The second-order valence-corrected chi connectivity index (χ2v) is 6.67. The van der Waals surface area contributed by atoms with Crippen LogP contribution in [0.2, 0.25) is 0 Å². The summed E-state index contributed by atoms with van der Waals surface area (Å²) in [5, 5.41) is 6.38. The van der Waals surface area contributed by atoms with Gasteiger partial charge in [-0.25, -0.2) is 0 Å². The lowest BCUT2D eigenvalue weighted by atomic mass is 9.92. The van der Waals surface area contributed by atoms with Crippen LogP contribution in [0.15, 0.2) is 48.5 Å². The second-order valence-electron chi connectivity index (χ2n) is 6.67. The van der Waals surface area contributed by atoms with Crippen LogP contribution < -0.4 is 5.32 Å². The molecule has 0 saturated heterocycles. The van der Waals surface area contributed by atoms with Gasteiger partial charge in [0.25, 0.3) is 0 Å². The van der Waals surface area contributed by atoms with E-state index in [2.05, 4.69) is 58.8 Å². The fourth-order valence-electron chi connectivity index (χ4n) is 4.60. The van der Waals surface area contributed by atoms with Gasteiger partial charge in [-0.15, -0.1) is 0 Å². The molecule has 0 saturated carbocycles. The Morgan fingerprint density at radius 1 is 0.783 bits per heavy atom. The number of aromatic amines is 1. The van der Waals surface area contributed by atoms with Gasteiger partial charge in [-0.1, -0.05) is 42.5 Å². The summed E-state index contributed by atoms with van der Waals surface area (Å²) in [7, 11) is 0. The van der Waals surface area contributed by atoms with Crippen LogP contribution in [0, 0.1) is 0 Å². The van der Waals surface area contributed by atoms with Gasteiger partial charge >= 0.3 is 0 Å². The molecule has 0 fully saturated rings. The zero-order valence-corrected chi connectivity index (χ0v) is 12.7. The lowest BCUT2D eigenvalue weighted by molar-refractivity contribution is 0.766. The van der Waals surface area contributed by atoms with E-state index < -0.39 is 0 Å². The topological polar surface area (TPSA) is 27.8 Å². The molecular formula is C21H16N2. The average molecular weight is 296 g/mol. The van der Waals surface area contributed by atoms with E-state index in [4.69, 9.17) is 0 Å². The van der Waals surface area contributed by atoms with Gasteiger partial charge in [0.1, 0.15) is 0 Å². The van der Waals surface area contributed by atoms with Crippen LogP contribution in [0.5, 0.6) is 0 Å². The molecule has 0 unspecified atom stereocenters. The van der Waals surface area contributed by atoms with Crippen molar-refractivity contribution >= 4 is 21.8 Å². The Balaban J connectivity index is 1.86. The highest BCUT2D eigenvalue weighted by atomic mass is 14.9. The summed E-state index contributed by atoms with van der Waals surface area (Å²) in [6.45, 7) is 1.96. The molecular weight excluding hydrogens is 280 g/mol. The normalized spacial score (nSPS) is 15.1. The van der Waals surface area contributed by atoms with Crippen LogP contribution in [-0.4, -0.2) is 4.98 Å². The van der Waals surface area contributed by atoms with Crippen molar-refractivity contribution in [1.29, 1.82) is 0 Å². The van der Waals surface area contributed by atoms with Crippen molar-refractivity contribution in [3.63, 3.8) is 0 Å². The minimum absolute atomic E-state index is 0.975. The monoisotopic (exact) mass is 296 g/mol. The number of nitrogens with one attached hydrogen (secondary N) is 2. The lowest BCUT2D eigenvalue weighted by Crippen LogP contribution is -2.00. The highest BCUT2D eigenvalue weighted by Crippen LogP contribution is 2.47. The molecule has 23 heavy (non-hydrogen) atoms. The number of hydrogen-bond donors (Lipinski definition) is 2. The predicted octanol–water partition coefficient (Wildman–Crippen LogP) is 4.50. The molecule has 0 bridgehead atoms. The predicted molar refractivity (Wildman–Crippen MR) is 94.6 cm³/mol. The molecule has 2 aliphatic rings. The molecule has 2 heteroatoms. The van der Waals surface area contributed by atoms with E-state index in [9.17, 15) is 0 Å². The molecule has 1 aliphatic heterocycles. The van der Waals surface area contributed by atoms with Gasteiger partial charge in [-0.05, 0) is 39.4 Å². The van der Waals surface area contributed by atoms with E-state index in [0.717, 1.165) is 19.5 Å². The Bertz CT molecular complexity index is 1120. The average Bonchev–Trinajstić information content (AvgIpc) is 3.28. The number of aromatic nitrogens is 1. The Hall–Kier alpha value is -2.58. The third kappa shape index (κ3) is 1.38. The van der Waals surface area contributed by atoms with E-state index in [1.54, 1.807) is 0 Å². The van der Waals surface area contributed by atoms with E-state index in [0.29, 0.717) is 0 Å². The molecule has 2 N–H and O–H groups in total. The summed E-state index contributed by atoms with van der Waals surface area (Å²) in [6.07, 6.45) is 1.04. The highest BCUT2D eigenvalue weighted by Gasteiger charge is 2.30. The quantitative estimate of drug-likeness (QED) is 0.433. The number of benzene rings is 3. The molecule has 0 radical (unpaired) electrons. The summed E-state index contributed by atoms with van der Waals surface area (Å²) in [5.41, 5.74) is 11.5. The van der Waals surface area contributed by atoms with Gasteiger partial charge in [-0.2, -0.15) is 0 Å². The largest absolute Gasteiger partial charge is 0.354 e. The molecule has 1 aromatic heterocycles. The lowest BCUT2D eigenvalue weighted by Gasteiger charge is -2.11. The van der Waals surface area contributed by atoms with E-state index in [1.807, 2.05) is 0 Å². The van der Waals surface area contributed by atoms with Gasteiger partial charge in [0.15, 0.2) is 0 Å². The van der Waals surface area contributed by atoms with Crippen molar-refractivity contribution < 1.29 is 0 Å². The standard InChI is InChI=1S/C21H16N2/c1-2-6-13-12(5-1)9-15-19(13)16-10-22-11-17(16)20-14-7-3-4-8-18(14)23-21(15)20/h1-8,22-23H,9-11H2. The van der Waals surface area contributed by atoms with Crippen molar-refractivity contribution in [2.24, 2.45) is 0 Å². The number of fused-ring (bicyclic) bond motifs is 10. The third-order valence-corrected chi connectivity index (χ3v) is 5.53. The zero-order chi connectivity index (χ0) is 15.0.